The van der Waals surface area contributed by atoms with Gasteiger partial charge in [0.2, 0.25) is 0 Å². The minimum absolute atomic E-state index is 0.0828. The molecule has 1 aliphatic carbocycles. The Balaban J connectivity index is 1.66. The van der Waals surface area contributed by atoms with Gasteiger partial charge >= 0.3 is 0 Å². The second-order valence-corrected chi connectivity index (χ2v) is 7.05. The van der Waals surface area contributed by atoms with E-state index in [9.17, 15) is 4.39 Å². The van der Waals surface area contributed by atoms with Gasteiger partial charge in [0.1, 0.15) is 11.4 Å². The summed E-state index contributed by atoms with van der Waals surface area (Å²) < 4.78 is 31.7. The second kappa shape index (κ2) is 9.08. The van der Waals surface area contributed by atoms with Crippen molar-refractivity contribution in [2.45, 2.75) is 37.8 Å². The molecule has 136 valence electrons. The smallest absolute Gasteiger partial charge is 0.157 e. The lowest BCUT2D eigenvalue weighted by Crippen LogP contribution is -2.44. The van der Waals surface area contributed by atoms with E-state index in [4.69, 9.17) is 14.2 Å². The van der Waals surface area contributed by atoms with Gasteiger partial charge in [-0.25, -0.2) is 4.39 Å². The molecule has 1 aromatic carbocycles. The summed E-state index contributed by atoms with van der Waals surface area (Å²) in [4.78, 5) is 0. The number of ether oxygens (including phenoxy) is 3. The Morgan fingerprint density at radius 1 is 1.24 bits per heavy atom. The summed E-state index contributed by atoms with van der Waals surface area (Å²) in [7, 11) is 0. The third-order valence-corrected chi connectivity index (χ3v) is 5.53. The van der Waals surface area contributed by atoms with E-state index < -0.39 is 5.60 Å². The van der Waals surface area contributed by atoms with E-state index in [1.54, 1.807) is 6.08 Å². The molecule has 0 saturated carbocycles. The minimum Gasteiger partial charge on any atom is -0.365 e. The van der Waals surface area contributed by atoms with Crippen LogP contribution in [0.5, 0.6) is 0 Å². The molecule has 1 aromatic rings. The molecule has 0 amide bonds. The van der Waals surface area contributed by atoms with E-state index >= 15 is 0 Å². The fourth-order valence-corrected chi connectivity index (χ4v) is 3.87. The maximum absolute atomic E-state index is 14.0. The molecule has 0 spiro atoms. The average molecular weight is 411 g/mol. The Bertz CT molecular complexity index is 598. The van der Waals surface area contributed by atoms with Crippen molar-refractivity contribution in [2.75, 3.05) is 18.5 Å². The van der Waals surface area contributed by atoms with Gasteiger partial charge in [-0.05, 0) is 37.0 Å². The minimum atomic E-state index is -0.774. The van der Waals surface area contributed by atoms with Crippen molar-refractivity contribution >= 4 is 15.9 Å². The van der Waals surface area contributed by atoms with Crippen molar-refractivity contribution in [2.24, 2.45) is 5.92 Å². The fourth-order valence-electron chi connectivity index (χ4n) is 3.13. The van der Waals surface area contributed by atoms with Crippen LogP contribution in [0.4, 0.5) is 4.39 Å². The van der Waals surface area contributed by atoms with Crippen LogP contribution in [0.25, 0.3) is 0 Å². The SMILES string of the molecule is FC1=CC(CBr)(OCc2ccccc2)C(COC2CCCCO2)C=C1. The molecule has 0 aromatic heterocycles. The van der Waals surface area contributed by atoms with Crippen molar-refractivity contribution in [3.05, 3.63) is 60.0 Å². The molecule has 1 saturated heterocycles. The molecule has 1 fully saturated rings. The van der Waals surface area contributed by atoms with E-state index in [1.165, 1.54) is 6.08 Å². The molecule has 3 atom stereocenters. The first-order valence-corrected chi connectivity index (χ1v) is 9.87. The van der Waals surface area contributed by atoms with Crippen LogP contribution in [-0.2, 0) is 20.8 Å². The lowest BCUT2D eigenvalue weighted by atomic mass is 9.85. The van der Waals surface area contributed by atoms with Crippen LogP contribution >= 0.6 is 15.9 Å². The van der Waals surface area contributed by atoms with Gasteiger partial charge in [-0.1, -0.05) is 52.3 Å². The summed E-state index contributed by atoms with van der Waals surface area (Å²) in [6.07, 6.45) is 7.83. The number of hydrogen-bond acceptors (Lipinski definition) is 3. The van der Waals surface area contributed by atoms with Crippen molar-refractivity contribution in [1.29, 1.82) is 0 Å². The molecule has 3 unspecified atom stereocenters. The molecule has 5 heteroatoms. The van der Waals surface area contributed by atoms with Crippen LogP contribution in [0, 0.1) is 5.92 Å². The fraction of sp³-hybridized carbons (Fsp3) is 0.500. The summed E-state index contributed by atoms with van der Waals surface area (Å²) >= 11 is 3.52. The lowest BCUT2D eigenvalue weighted by Gasteiger charge is -2.38. The Morgan fingerprint density at radius 2 is 2.08 bits per heavy atom. The van der Waals surface area contributed by atoms with Gasteiger partial charge in [0.05, 0.1) is 13.2 Å². The predicted molar refractivity (Wildman–Crippen MR) is 99.1 cm³/mol. The molecule has 0 radical (unpaired) electrons. The summed E-state index contributed by atoms with van der Waals surface area (Å²) in [5.41, 5.74) is 0.282. The third-order valence-electron chi connectivity index (χ3n) is 4.66. The monoisotopic (exact) mass is 410 g/mol. The van der Waals surface area contributed by atoms with Gasteiger partial charge in [0.25, 0.3) is 0 Å². The van der Waals surface area contributed by atoms with Crippen LogP contribution in [-0.4, -0.2) is 30.4 Å². The number of hydrogen-bond donors (Lipinski definition) is 0. The normalized spacial score (nSPS) is 29.4. The quantitative estimate of drug-likeness (QED) is 0.597. The molecule has 25 heavy (non-hydrogen) atoms. The Morgan fingerprint density at radius 3 is 2.80 bits per heavy atom. The van der Waals surface area contributed by atoms with E-state index in [1.807, 2.05) is 36.4 Å². The zero-order valence-corrected chi connectivity index (χ0v) is 15.8. The maximum atomic E-state index is 14.0. The molecular formula is C20H24BrFO3. The van der Waals surface area contributed by atoms with Gasteiger partial charge in [-0.15, -0.1) is 0 Å². The molecule has 2 aliphatic rings. The van der Waals surface area contributed by atoms with Crippen LogP contribution in [0.1, 0.15) is 24.8 Å². The maximum Gasteiger partial charge on any atom is 0.157 e. The molecule has 3 rings (SSSR count). The summed E-state index contributed by atoms with van der Waals surface area (Å²) in [6, 6.07) is 9.91. The van der Waals surface area contributed by atoms with E-state index in [-0.39, 0.29) is 18.0 Å². The van der Waals surface area contributed by atoms with Gasteiger partial charge < -0.3 is 14.2 Å². The largest absolute Gasteiger partial charge is 0.365 e. The number of benzene rings is 1. The molecule has 0 bridgehead atoms. The standard InChI is InChI=1S/C20H24BrFO3/c21-15-20(25-13-16-6-2-1-3-7-16)12-18(22)10-9-17(20)14-24-19-8-4-5-11-23-19/h1-3,6-7,9-10,12,17,19H,4-5,8,11,13-15H2. The van der Waals surface area contributed by atoms with E-state index in [0.29, 0.717) is 18.5 Å². The Kier molecular flexibility index (Phi) is 6.82. The first kappa shape index (κ1) is 18.8. The lowest BCUT2D eigenvalue weighted by molar-refractivity contribution is -0.177. The topological polar surface area (TPSA) is 27.7 Å². The van der Waals surface area contributed by atoms with E-state index in [0.717, 1.165) is 31.4 Å². The van der Waals surface area contributed by atoms with Gasteiger partial charge in [0, 0.05) is 17.9 Å². The van der Waals surface area contributed by atoms with E-state index in [2.05, 4.69) is 15.9 Å². The van der Waals surface area contributed by atoms with Crippen LogP contribution in [0.3, 0.4) is 0 Å². The van der Waals surface area contributed by atoms with Gasteiger partial charge in [-0.3, -0.25) is 0 Å². The molecule has 1 heterocycles. The highest BCUT2D eigenvalue weighted by molar-refractivity contribution is 9.09. The van der Waals surface area contributed by atoms with Gasteiger partial charge in [-0.2, -0.15) is 0 Å². The molecule has 3 nitrogen and oxygen atoms in total. The number of allylic oxidation sites excluding steroid dienone is 2. The highest BCUT2D eigenvalue weighted by atomic mass is 79.9. The second-order valence-electron chi connectivity index (χ2n) is 6.49. The zero-order chi connectivity index (χ0) is 17.5. The van der Waals surface area contributed by atoms with Crippen molar-refractivity contribution in [3.8, 4) is 0 Å². The molecular weight excluding hydrogens is 387 g/mol. The van der Waals surface area contributed by atoms with Crippen molar-refractivity contribution < 1.29 is 18.6 Å². The third kappa shape index (κ3) is 5.00. The van der Waals surface area contributed by atoms with Gasteiger partial charge in [0.15, 0.2) is 6.29 Å². The first-order valence-electron chi connectivity index (χ1n) is 8.75. The number of alkyl halides is 1. The average Bonchev–Trinajstić information content (AvgIpc) is 2.67. The van der Waals surface area contributed by atoms with Crippen LogP contribution in [0.2, 0.25) is 0 Å². The van der Waals surface area contributed by atoms with Crippen LogP contribution in [0.15, 0.2) is 54.4 Å². The highest BCUT2D eigenvalue weighted by Crippen LogP contribution is 2.35. The van der Waals surface area contributed by atoms with Crippen LogP contribution < -0.4 is 0 Å². The van der Waals surface area contributed by atoms with Crippen molar-refractivity contribution in [3.63, 3.8) is 0 Å². The summed E-state index contributed by atoms with van der Waals surface area (Å²) in [6.45, 7) is 1.60. The Labute approximate surface area is 157 Å². The highest BCUT2D eigenvalue weighted by Gasteiger charge is 2.39. The number of rotatable bonds is 7. The molecule has 0 N–H and O–H groups in total. The predicted octanol–water partition coefficient (Wildman–Crippen LogP) is 4.92. The Hall–Kier alpha value is -1.01. The van der Waals surface area contributed by atoms with Crippen molar-refractivity contribution in [1.82, 2.24) is 0 Å². The summed E-state index contributed by atoms with van der Waals surface area (Å²) in [5, 5.41) is 0.490. The number of halogens is 2. The molecule has 1 aliphatic heterocycles. The zero-order valence-electron chi connectivity index (χ0n) is 14.2. The summed E-state index contributed by atoms with van der Waals surface area (Å²) in [5.74, 6) is -0.363. The first-order chi connectivity index (χ1) is 12.2.